The van der Waals surface area contributed by atoms with E-state index in [0.29, 0.717) is 42.8 Å². The minimum absolute atomic E-state index is 0.0230. The number of likely N-dealkylation sites (N-methyl/N-ethyl adjacent to an activating group) is 1. The van der Waals surface area contributed by atoms with E-state index < -0.39 is 15.6 Å². The summed E-state index contributed by atoms with van der Waals surface area (Å²) in [5.74, 6) is 0.401. The van der Waals surface area contributed by atoms with E-state index in [2.05, 4.69) is 31.5 Å². The van der Waals surface area contributed by atoms with Gasteiger partial charge in [-0.05, 0) is 63.6 Å². The van der Waals surface area contributed by atoms with Crippen LogP contribution in [0.4, 0.5) is 0 Å². The second kappa shape index (κ2) is 14.8. The number of halogens is 2. The highest BCUT2D eigenvalue weighted by atomic mass is 35.5. The fourth-order valence-electron chi connectivity index (χ4n) is 7.22. The molecule has 10 nitrogen and oxygen atoms in total. The average molecular weight is 718 g/mol. The molecule has 6 rings (SSSR count). The Labute approximate surface area is 294 Å². The van der Waals surface area contributed by atoms with Gasteiger partial charge in [0.05, 0.1) is 5.02 Å². The summed E-state index contributed by atoms with van der Waals surface area (Å²) in [6.45, 7) is 13.0. The molecule has 2 saturated heterocycles. The lowest BCUT2D eigenvalue weighted by molar-refractivity contribution is -0.139. The number of carbonyl (C=O) groups excluding carboxylic acids is 1. The van der Waals surface area contributed by atoms with Crippen molar-refractivity contribution in [1.82, 2.24) is 29.3 Å². The smallest absolute Gasteiger partial charge is 0.243 e. The van der Waals surface area contributed by atoms with Gasteiger partial charge < -0.3 is 14.5 Å². The molecule has 1 saturated carbocycles. The zero-order valence-corrected chi connectivity index (χ0v) is 30.4. The van der Waals surface area contributed by atoms with Crippen LogP contribution in [0, 0.1) is 13.8 Å². The summed E-state index contributed by atoms with van der Waals surface area (Å²) in [6, 6.07) is 10.6. The van der Waals surface area contributed by atoms with Crippen molar-refractivity contribution in [3.8, 4) is 5.75 Å². The van der Waals surface area contributed by atoms with Crippen LogP contribution in [0.5, 0.6) is 5.75 Å². The summed E-state index contributed by atoms with van der Waals surface area (Å²) in [6.07, 6.45) is 2.43. The Morgan fingerprint density at radius 1 is 0.938 bits per heavy atom. The van der Waals surface area contributed by atoms with Crippen LogP contribution in [0.2, 0.25) is 10.0 Å². The van der Waals surface area contributed by atoms with Crippen molar-refractivity contribution in [2.45, 2.75) is 56.6 Å². The van der Waals surface area contributed by atoms with Gasteiger partial charge in [0.15, 0.2) is 0 Å². The molecule has 1 aromatic heterocycles. The summed E-state index contributed by atoms with van der Waals surface area (Å²) >= 11 is 13.4. The minimum atomic E-state index is -4.20. The lowest BCUT2D eigenvalue weighted by atomic mass is 9.96. The Hall–Kier alpha value is -2.51. The number of ether oxygens (including phenoxy) is 1. The summed E-state index contributed by atoms with van der Waals surface area (Å²) in [5, 5.41) is 1.23. The number of nitrogens with zero attached hydrogens (tertiary/aromatic N) is 5. The van der Waals surface area contributed by atoms with Crippen LogP contribution in [0.15, 0.2) is 41.3 Å². The first kappa shape index (κ1) is 35.3. The third-order valence-corrected chi connectivity index (χ3v) is 12.6. The molecule has 48 heavy (non-hydrogen) atoms. The Kier molecular flexibility index (Phi) is 10.9. The number of para-hydroxylation sites is 1. The van der Waals surface area contributed by atoms with Crippen LogP contribution in [-0.2, 0) is 21.4 Å². The van der Waals surface area contributed by atoms with Crippen molar-refractivity contribution in [1.29, 1.82) is 0 Å². The van der Waals surface area contributed by atoms with Gasteiger partial charge in [0.25, 0.3) is 0 Å². The van der Waals surface area contributed by atoms with Gasteiger partial charge in [0.2, 0.25) is 15.9 Å². The maximum Gasteiger partial charge on any atom is 0.243 e. The zero-order valence-electron chi connectivity index (χ0n) is 28.1. The maximum absolute atomic E-state index is 14.1. The zero-order chi connectivity index (χ0) is 34.1. The number of piperazine rings is 2. The summed E-state index contributed by atoms with van der Waals surface area (Å²) < 4.78 is 37.0. The van der Waals surface area contributed by atoms with Crippen LogP contribution >= 0.6 is 23.2 Å². The second-order valence-electron chi connectivity index (χ2n) is 13.5. The number of sulfonamides is 1. The molecule has 3 aliphatic rings. The first-order valence-electron chi connectivity index (χ1n) is 16.9. The lowest BCUT2D eigenvalue weighted by Gasteiger charge is -2.40. The van der Waals surface area contributed by atoms with Crippen LogP contribution in [0.25, 0.3) is 10.9 Å². The number of aryl methyl sites for hydroxylation is 2. The number of nitrogens with one attached hydrogen (secondary N) is 1. The van der Waals surface area contributed by atoms with E-state index >= 15 is 0 Å². The molecule has 0 unspecified atom stereocenters. The summed E-state index contributed by atoms with van der Waals surface area (Å²) in [5.41, 5.74) is 1.80. The molecule has 3 heterocycles. The number of aromatic nitrogens is 1. The van der Waals surface area contributed by atoms with E-state index in [9.17, 15) is 13.2 Å². The molecule has 13 heteroatoms. The number of hydrogen-bond acceptors (Lipinski definition) is 8. The van der Waals surface area contributed by atoms with Crippen LogP contribution in [0.3, 0.4) is 0 Å². The monoisotopic (exact) mass is 716 g/mol. The fourth-order valence-corrected chi connectivity index (χ4v) is 9.53. The average Bonchev–Trinajstić information content (AvgIpc) is 3.53. The number of benzene rings is 2. The topological polar surface area (TPSA) is 98.3 Å². The molecule has 1 aliphatic carbocycles. The summed E-state index contributed by atoms with van der Waals surface area (Å²) in [7, 11) is -2.03. The predicted molar refractivity (Wildman–Crippen MR) is 190 cm³/mol. The third-order valence-electron chi connectivity index (χ3n) is 10.1. The predicted octanol–water partition coefficient (Wildman–Crippen LogP) is 4.72. The number of carbonyl (C=O) groups is 1. The Morgan fingerprint density at radius 3 is 2.25 bits per heavy atom. The molecule has 0 radical (unpaired) electrons. The molecule has 1 amide bonds. The van der Waals surface area contributed by atoms with Gasteiger partial charge >= 0.3 is 0 Å². The molecule has 3 aromatic rings. The van der Waals surface area contributed by atoms with Gasteiger partial charge in [-0.15, -0.1) is 0 Å². The van der Waals surface area contributed by atoms with Crippen molar-refractivity contribution in [3.63, 3.8) is 0 Å². The van der Waals surface area contributed by atoms with Crippen molar-refractivity contribution in [3.05, 3.63) is 63.3 Å². The second-order valence-corrected chi connectivity index (χ2v) is 16.0. The fraction of sp³-hybridized carbons (Fsp3) is 0.543. The first-order chi connectivity index (χ1) is 23.0. The van der Waals surface area contributed by atoms with Crippen LogP contribution in [-0.4, -0.2) is 117 Å². The molecule has 260 valence electrons. The van der Waals surface area contributed by atoms with Crippen molar-refractivity contribution >= 4 is 50.0 Å². The molecule has 2 aliphatic heterocycles. The number of amides is 1. The minimum Gasteiger partial charge on any atom is -0.487 e. The van der Waals surface area contributed by atoms with Gasteiger partial charge in [-0.25, -0.2) is 13.4 Å². The molecule has 2 aromatic carbocycles. The number of fused-ring (bicyclic) bond motifs is 1. The van der Waals surface area contributed by atoms with E-state index in [-0.39, 0.29) is 27.5 Å². The SMILES string of the molecule is Cc1cc(C)c2cccc(OCc3c(Cl)ccc(S(=O)(=O)NC4(C(=O)N5CCN(CCN6CCN(C)CC6)CC5)CCCC4)c3Cl)c2n1. The molecule has 1 N–H and O–H groups in total. The van der Waals surface area contributed by atoms with Gasteiger partial charge in [-0.3, -0.25) is 14.6 Å². The molecule has 0 atom stereocenters. The molecule has 0 bridgehead atoms. The molecule has 3 fully saturated rings. The number of hydrogen-bond donors (Lipinski definition) is 1. The standard InChI is InChI=1S/C35H46Cl2N6O4S/c1-25-23-26(2)38-33-27(25)7-6-8-30(33)47-24-28-29(36)9-10-31(32(28)37)48(45,46)39-35(11-4-5-12-35)34(44)43-21-19-42(20-22-43)18-17-41-15-13-40(3)14-16-41/h6-10,23,39H,4-5,11-22,24H2,1-3H3. The largest absolute Gasteiger partial charge is 0.487 e. The highest BCUT2D eigenvalue weighted by Crippen LogP contribution is 2.37. The van der Waals surface area contributed by atoms with E-state index in [1.807, 2.05) is 43.0 Å². The Balaban J connectivity index is 1.14. The quantitative estimate of drug-likeness (QED) is 0.322. The van der Waals surface area contributed by atoms with E-state index in [0.717, 1.165) is 81.8 Å². The van der Waals surface area contributed by atoms with Crippen LogP contribution in [0.1, 0.15) is 42.5 Å². The highest BCUT2D eigenvalue weighted by Gasteiger charge is 2.47. The van der Waals surface area contributed by atoms with Gasteiger partial charge in [0.1, 0.15) is 28.3 Å². The van der Waals surface area contributed by atoms with Crippen LogP contribution < -0.4 is 9.46 Å². The first-order valence-corrected chi connectivity index (χ1v) is 19.1. The van der Waals surface area contributed by atoms with Crippen molar-refractivity contribution in [2.24, 2.45) is 0 Å². The normalized spacial score (nSPS) is 19.6. The highest BCUT2D eigenvalue weighted by molar-refractivity contribution is 7.89. The molecular weight excluding hydrogens is 671 g/mol. The lowest BCUT2D eigenvalue weighted by Crippen LogP contribution is -2.61. The van der Waals surface area contributed by atoms with Crippen molar-refractivity contribution in [2.75, 3.05) is 72.5 Å². The van der Waals surface area contributed by atoms with Gasteiger partial charge in [-0.2, -0.15) is 4.72 Å². The maximum atomic E-state index is 14.1. The Morgan fingerprint density at radius 2 is 1.58 bits per heavy atom. The van der Waals surface area contributed by atoms with Gasteiger partial charge in [-0.1, -0.05) is 48.2 Å². The summed E-state index contributed by atoms with van der Waals surface area (Å²) in [4.78, 5) is 27.7. The van der Waals surface area contributed by atoms with E-state index in [4.69, 9.17) is 27.9 Å². The molecule has 0 spiro atoms. The van der Waals surface area contributed by atoms with Crippen molar-refractivity contribution < 1.29 is 17.9 Å². The third kappa shape index (κ3) is 7.62. The van der Waals surface area contributed by atoms with Gasteiger partial charge in [0, 0.05) is 87.1 Å². The van der Waals surface area contributed by atoms with E-state index in [1.165, 1.54) is 12.1 Å². The molecular formula is C35H46Cl2N6O4S. The Bertz CT molecular complexity index is 1750. The number of pyridine rings is 1. The van der Waals surface area contributed by atoms with E-state index in [1.54, 1.807) is 0 Å². The number of rotatable bonds is 10.